The van der Waals surface area contributed by atoms with Crippen molar-refractivity contribution in [3.8, 4) is 11.5 Å². The lowest BCUT2D eigenvalue weighted by Gasteiger charge is -2.17. The van der Waals surface area contributed by atoms with Gasteiger partial charge in [-0.1, -0.05) is 15.9 Å². The molecule has 0 heterocycles. The Morgan fingerprint density at radius 1 is 1.41 bits per heavy atom. The molecule has 0 fully saturated rings. The molecular formula is C10H10BrFO5. The molecular weight excluding hydrogens is 299 g/mol. The number of methoxy groups -OCH3 is 2. The molecule has 0 bridgehead atoms. The van der Waals surface area contributed by atoms with E-state index in [-0.39, 0.29) is 21.5 Å². The smallest absolute Gasteiger partial charge is 0.337 e. The Morgan fingerprint density at radius 3 is 2.35 bits per heavy atom. The van der Waals surface area contributed by atoms with Gasteiger partial charge in [0.2, 0.25) is 0 Å². The highest BCUT2D eigenvalue weighted by Crippen LogP contribution is 2.41. The number of ether oxygens (including phenoxy) is 2. The molecule has 1 aromatic rings. The third-order valence-corrected chi connectivity index (χ3v) is 2.75. The first-order valence-electron chi connectivity index (χ1n) is 4.44. The summed E-state index contributed by atoms with van der Waals surface area (Å²) in [6.07, 6.45) is -1.84. The van der Waals surface area contributed by atoms with Gasteiger partial charge in [0.05, 0.1) is 19.8 Å². The molecule has 0 radical (unpaired) electrons. The Hall–Kier alpha value is -1.34. The van der Waals surface area contributed by atoms with Crippen molar-refractivity contribution in [2.45, 2.75) is 6.10 Å². The number of halogens is 2. The van der Waals surface area contributed by atoms with Crippen LogP contribution in [0, 0.1) is 5.82 Å². The zero-order chi connectivity index (χ0) is 13.2. The van der Waals surface area contributed by atoms with Gasteiger partial charge in [-0.25, -0.2) is 9.18 Å². The molecule has 1 unspecified atom stereocenters. The van der Waals surface area contributed by atoms with E-state index < -0.39 is 17.9 Å². The second-order valence-electron chi connectivity index (χ2n) is 3.06. The number of benzene rings is 1. The molecule has 0 spiro atoms. The SMILES string of the molecule is COc1c(F)cc(Br)c(C(O)C(=O)O)c1OC. The second kappa shape index (κ2) is 5.33. The fourth-order valence-electron chi connectivity index (χ4n) is 1.36. The summed E-state index contributed by atoms with van der Waals surface area (Å²) in [6, 6.07) is 1.00. The first-order valence-corrected chi connectivity index (χ1v) is 5.24. The Labute approximate surface area is 105 Å². The third-order valence-electron chi connectivity index (χ3n) is 2.09. The first-order chi connectivity index (χ1) is 7.93. The molecule has 2 N–H and O–H groups in total. The van der Waals surface area contributed by atoms with Crippen molar-refractivity contribution in [1.82, 2.24) is 0 Å². The van der Waals surface area contributed by atoms with Crippen LogP contribution in [0.15, 0.2) is 10.5 Å². The number of aliphatic hydroxyl groups is 1. The van der Waals surface area contributed by atoms with Gasteiger partial charge in [0.1, 0.15) is 0 Å². The lowest BCUT2D eigenvalue weighted by Crippen LogP contribution is -2.13. The van der Waals surface area contributed by atoms with E-state index in [0.717, 1.165) is 6.07 Å². The minimum absolute atomic E-state index is 0.0857. The molecule has 17 heavy (non-hydrogen) atoms. The van der Waals surface area contributed by atoms with Crippen LogP contribution in [0.5, 0.6) is 11.5 Å². The first kappa shape index (κ1) is 13.7. The molecule has 5 nitrogen and oxygen atoms in total. The molecule has 1 atom stereocenters. The van der Waals surface area contributed by atoms with Crippen molar-refractivity contribution < 1.29 is 28.9 Å². The number of aliphatic hydroxyl groups excluding tert-OH is 1. The van der Waals surface area contributed by atoms with Crippen molar-refractivity contribution in [2.75, 3.05) is 14.2 Å². The Bertz CT molecular complexity index is 449. The molecule has 7 heteroatoms. The minimum Gasteiger partial charge on any atom is -0.492 e. The largest absolute Gasteiger partial charge is 0.492 e. The average molecular weight is 309 g/mol. The Balaban J connectivity index is 3.52. The van der Waals surface area contributed by atoms with E-state index in [1.54, 1.807) is 0 Å². The van der Waals surface area contributed by atoms with E-state index in [0.29, 0.717) is 0 Å². The number of aliphatic carboxylic acids is 1. The maximum Gasteiger partial charge on any atom is 0.337 e. The Morgan fingerprint density at radius 2 is 1.94 bits per heavy atom. The molecule has 0 saturated carbocycles. The van der Waals surface area contributed by atoms with Gasteiger partial charge in [0, 0.05) is 4.47 Å². The van der Waals surface area contributed by atoms with Crippen molar-refractivity contribution in [3.63, 3.8) is 0 Å². The predicted octanol–water partition coefficient (Wildman–Crippen LogP) is 1.72. The number of carboxylic acid groups (broad SMARTS) is 1. The third kappa shape index (κ3) is 2.50. The van der Waals surface area contributed by atoms with Crippen LogP contribution >= 0.6 is 15.9 Å². The van der Waals surface area contributed by atoms with Crippen molar-refractivity contribution >= 4 is 21.9 Å². The molecule has 94 valence electrons. The van der Waals surface area contributed by atoms with E-state index in [2.05, 4.69) is 15.9 Å². The minimum atomic E-state index is -1.84. The molecule has 0 aromatic heterocycles. The number of carboxylic acids is 1. The number of rotatable bonds is 4. The van der Waals surface area contributed by atoms with E-state index >= 15 is 0 Å². The number of hydrogen-bond acceptors (Lipinski definition) is 4. The summed E-state index contributed by atoms with van der Waals surface area (Å²) in [5, 5.41) is 18.3. The molecule has 0 aliphatic rings. The number of carbonyl (C=O) groups is 1. The molecule has 0 amide bonds. The van der Waals surface area contributed by atoms with Crippen molar-refractivity contribution in [1.29, 1.82) is 0 Å². The summed E-state index contributed by atoms with van der Waals surface area (Å²) in [7, 11) is 2.44. The summed E-state index contributed by atoms with van der Waals surface area (Å²) in [5.41, 5.74) is -0.0988. The monoisotopic (exact) mass is 308 g/mol. The summed E-state index contributed by atoms with van der Waals surface area (Å²) >= 11 is 2.97. The van der Waals surface area contributed by atoms with Gasteiger partial charge in [-0.3, -0.25) is 0 Å². The lowest BCUT2D eigenvalue weighted by molar-refractivity contribution is -0.147. The highest BCUT2D eigenvalue weighted by Gasteiger charge is 2.28. The van der Waals surface area contributed by atoms with E-state index in [1.807, 2.05) is 0 Å². The van der Waals surface area contributed by atoms with Crippen LogP contribution in [-0.2, 0) is 4.79 Å². The van der Waals surface area contributed by atoms with Gasteiger partial charge >= 0.3 is 5.97 Å². The zero-order valence-electron chi connectivity index (χ0n) is 9.03. The maximum absolute atomic E-state index is 13.5. The normalized spacial score (nSPS) is 12.1. The molecule has 1 rings (SSSR count). The van der Waals surface area contributed by atoms with Gasteiger partial charge in [0.15, 0.2) is 23.4 Å². The van der Waals surface area contributed by atoms with Gasteiger partial charge < -0.3 is 19.7 Å². The van der Waals surface area contributed by atoms with Gasteiger partial charge in [-0.2, -0.15) is 0 Å². The van der Waals surface area contributed by atoms with E-state index in [4.69, 9.17) is 14.6 Å². The predicted molar refractivity (Wildman–Crippen MR) is 59.8 cm³/mol. The molecule has 0 saturated heterocycles. The average Bonchev–Trinajstić information content (AvgIpc) is 2.27. The van der Waals surface area contributed by atoms with Crippen molar-refractivity contribution in [3.05, 3.63) is 21.9 Å². The van der Waals surface area contributed by atoms with E-state index in [1.165, 1.54) is 14.2 Å². The number of hydrogen-bond donors (Lipinski definition) is 2. The summed E-state index contributed by atoms with van der Waals surface area (Å²) in [6.45, 7) is 0. The zero-order valence-corrected chi connectivity index (χ0v) is 10.6. The second-order valence-corrected chi connectivity index (χ2v) is 3.92. The highest BCUT2D eigenvalue weighted by atomic mass is 79.9. The standard InChI is InChI=1S/C10H10BrFO5/c1-16-8-5(12)3-4(11)6(9(8)17-2)7(13)10(14)15/h3,7,13H,1-2H3,(H,14,15). The van der Waals surface area contributed by atoms with Crippen LogP contribution in [0.25, 0.3) is 0 Å². The van der Waals surface area contributed by atoms with Crippen LogP contribution in [0.1, 0.15) is 11.7 Å². The molecule has 0 aliphatic heterocycles. The van der Waals surface area contributed by atoms with Crippen LogP contribution in [0.4, 0.5) is 4.39 Å². The van der Waals surface area contributed by atoms with E-state index in [9.17, 15) is 14.3 Å². The maximum atomic E-state index is 13.5. The molecule has 1 aromatic carbocycles. The van der Waals surface area contributed by atoms with Crippen LogP contribution in [0.2, 0.25) is 0 Å². The summed E-state index contributed by atoms with van der Waals surface area (Å²) in [5.74, 6) is -2.62. The van der Waals surface area contributed by atoms with Gasteiger partial charge in [-0.05, 0) is 6.07 Å². The fraction of sp³-hybridized carbons (Fsp3) is 0.300. The highest BCUT2D eigenvalue weighted by molar-refractivity contribution is 9.10. The van der Waals surface area contributed by atoms with Crippen LogP contribution < -0.4 is 9.47 Å². The van der Waals surface area contributed by atoms with Crippen LogP contribution in [-0.4, -0.2) is 30.4 Å². The lowest BCUT2D eigenvalue weighted by atomic mass is 10.1. The van der Waals surface area contributed by atoms with Crippen LogP contribution in [0.3, 0.4) is 0 Å². The summed E-state index contributed by atoms with van der Waals surface area (Å²) in [4.78, 5) is 10.7. The van der Waals surface area contributed by atoms with Gasteiger partial charge in [-0.15, -0.1) is 0 Å². The quantitative estimate of drug-likeness (QED) is 0.886. The Kier molecular flexibility index (Phi) is 4.30. The fourth-order valence-corrected chi connectivity index (χ4v) is 1.96. The summed E-state index contributed by atoms with van der Waals surface area (Å²) < 4.78 is 23.2. The topological polar surface area (TPSA) is 76.0 Å². The van der Waals surface area contributed by atoms with Crippen molar-refractivity contribution in [2.24, 2.45) is 0 Å². The van der Waals surface area contributed by atoms with Gasteiger partial charge in [0.25, 0.3) is 0 Å². The molecule has 0 aliphatic carbocycles.